The number of fused-ring (bicyclic) bond motifs is 1. The molecular weight excluding hydrogens is 461 g/mol. The average Bonchev–Trinajstić information content (AvgIpc) is 2.97. The molecule has 1 aliphatic carbocycles. The zero-order valence-corrected chi connectivity index (χ0v) is 19.6. The molecule has 3 aromatic rings. The van der Waals surface area contributed by atoms with E-state index < -0.39 is 23.1 Å². The van der Waals surface area contributed by atoms with E-state index in [4.69, 9.17) is 5.11 Å². The monoisotopic (exact) mass is 490 g/mol. The minimum atomic E-state index is -1.05. The summed E-state index contributed by atoms with van der Waals surface area (Å²) in [7, 11) is 0. The van der Waals surface area contributed by atoms with E-state index >= 15 is 0 Å². The molecule has 0 amide bonds. The molecule has 1 fully saturated rings. The van der Waals surface area contributed by atoms with Crippen LogP contribution in [0.25, 0.3) is 11.2 Å². The van der Waals surface area contributed by atoms with Crippen LogP contribution in [0.15, 0.2) is 18.3 Å². The summed E-state index contributed by atoms with van der Waals surface area (Å²) < 4.78 is 43.9. The SMILES string of the molecule is C#CO.CC(C)Nc1ncc2nc(Nc3c(F)cc(F)cc3F)n(C3CCCC(CO)CC3)c2n1. The number of aromatic nitrogens is 4. The van der Waals surface area contributed by atoms with Crippen molar-refractivity contribution >= 4 is 28.7 Å². The van der Waals surface area contributed by atoms with Gasteiger partial charge in [-0.3, -0.25) is 4.57 Å². The highest BCUT2D eigenvalue weighted by atomic mass is 19.1. The predicted octanol–water partition coefficient (Wildman–Crippen LogP) is 4.87. The summed E-state index contributed by atoms with van der Waals surface area (Å²) in [6.45, 7) is 4.08. The van der Waals surface area contributed by atoms with E-state index in [-0.39, 0.29) is 30.6 Å². The molecule has 8 nitrogen and oxygen atoms in total. The minimum Gasteiger partial charge on any atom is -0.462 e. The van der Waals surface area contributed by atoms with Gasteiger partial charge in [0.25, 0.3) is 0 Å². The van der Waals surface area contributed by atoms with Crippen molar-refractivity contribution in [1.82, 2.24) is 19.5 Å². The maximum absolute atomic E-state index is 14.4. The Kier molecular flexibility index (Phi) is 8.76. The fraction of sp³-hybridized carbons (Fsp3) is 0.458. The first-order chi connectivity index (χ1) is 16.8. The van der Waals surface area contributed by atoms with Crippen LogP contribution in [-0.2, 0) is 0 Å². The maximum Gasteiger partial charge on any atom is 0.224 e. The second-order valence-corrected chi connectivity index (χ2v) is 8.72. The van der Waals surface area contributed by atoms with Crippen LogP contribution in [-0.4, -0.2) is 42.4 Å². The summed E-state index contributed by atoms with van der Waals surface area (Å²) in [5.41, 5.74) is 0.548. The number of nitrogens with zero attached hydrogens (tertiary/aromatic N) is 4. The fourth-order valence-corrected chi connectivity index (χ4v) is 4.23. The van der Waals surface area contributed by atoms with E-state index in [9.17, 15) is 18.3 Å². The molecule has 4 rings (SSSR count). The number of benzene rings is 1. The molecule has 188 valence electrons. The van der Waals surface area contributed by atoms with Gasteiger partial charge in [0.05, 0.1) is 6.20 Å². The number of nitrogens with one attached hydrogen (secondary N) is 2. The quantitative estimate of drug-likeness (QED) is 0.288. The number of hydrogen-bond donors (Lipinski definition) is 4. The Balaban J connectivity index is 0.00000108. The summed E-state index contributed by atoms with van der Waals surface area (Å²) in [6.07, 6.45) is 11.2. The third-order valence-corrected chi connectivity index (χ3v) is 5.78. The Morgan fingerprint density at radius 2 is 1.83 bits per heavy atom. The van der Waals surface area contributed by atoms with E-state index in [0.29, 0.717) is 29.2 Å². The summed E-state index contributed by atoms with van der Waals surface area (Å²) >= 11 is 0. The van der Waals surface area contributed by atoms with Crippen molar-refractivity contribution in [2.45, 2.75) is 58.0 Å². The maximum atomic E-state index is 14.4. The topological polar surface area (TPSA) is 108 Å². The second kappa shape index (κ2) is 11.8. The van der Waals surface area contributed by atoms with E-state index in [1.807, 2.05) is 18.4 Å². The highest BCUT2D eigenvalue weighted by Crippen LogP contribution is 2.36. The molecule has 11 heteroatoms. The molecule has 1 saturated carbocycles. The van der Waals surface area contributed by atoms with E-state index in [1.165, 1.54) is 6.11 Å². The standard InChI is InChI=1S/C22H27F3N6O.C2H2O/c1-12(2)27-21-26-10-18-20(30-21)31(15-5-3-4-13(11-32)6-7-15)22(28-18)29-19-16(24)8-14(23)9-17(19)25;1-2-3/h8-10,12-13,15,32H,3-7,11H2,1-2H3,(H,28,29)(H,26,27,30);1,3H. The van der Waals surface area contributed by atoms with Gasteiger partial charge < -0.3 is 20.8 Å². The van der Waals surface area contributed by atoms with Crippen LogP contribution in [0.2, 0.25) is 0 Å². The normalized spacial score (nSPS) is 17.9. The number of aliphatic hydroxyl groups excluding tert-OH is 2. The highest BCUT2D eigenvalue weighted by Gasteiger charge is 2.26. The third kappa shape index (κ3) is 6.33. The van der Waals surface area contributed by atoms with Crippen molar-refractivity contribution in [3.8, 4) is 12.5 Å². The zero-order valence-electron chi connectivity index (χ0n) is 19.6. The number of hydrogen-bond acceptors (Lipinski definition) is 7. The van der Waals surface area contributed by atoms with E-state index in [2.05, 4.69) is 32.0 Å². The molecule has 2 aromatic heterocycles. The van der Waals surface area contributed by atoms with Gasteiger partial charge in [0.1, 0.15) is 23.1 Å². The smallest absolute Gasteiger partial charge is 0.224 e. The van der Waals surface area contributed by atoms with Gasteiger partial charge in [0.2, 0.25) is 11.9 Å². The van der Waals surface area contributed by atoms with Gasteiger partial charge in [-0.2, -0.15) is 4.98 Å². The molecule has 0 radical (unpaired) electrons. The number of rotatable bonds is 6. The Hall–Kier alpha value is -3.52. The van der Waals surface area contributed by atoms with Crippen molar-refractivity contribution in [2.24, 2.45) is 5.92 Å². The Labute approximate surface area is 201 Å². The fourth-order valence-electron chi connectivity index (χ4n) is 4.23. The molecule has 0 spiro atoms. The lowest BCUT2D eigenvalue weighted by atomic mass is 10.0. The van der Waals surface area contributed by atoms with Crippen LogP contribution in [0.4, 0.5) is 30.8 Å². The molecular formula is C24H29F3N6O2. The van der Waals surface area contributed by atoms with Crippen molar-refractivity contribution < 1.29 is 23.4 Å². The first-order valence-corrected chi connectivity index (χ1v) is 11.4. The van der Waals surface area contributed by atoms with E-state index in [0.717, 1.165) is 32.1 Å². The number of halogens is 3. The van der Waals surface area contributed by atoms with Gasteiger partial charge in [-0.25, -0.2) is 23.1 Å². The molecule has 1 aromatic carbocycles. The summed E-state index contributed by atoms with van der Waals surface area (Å²) in [6, 6.07) is 1.33. The van der Waals surface area contributed by atoms with Crippen LogP contribution in [0.5, 0.6) is 0 Å². The Bertz CT molecular complexity index is 1170. The van der Waals surface area contributed by atoms with Gasteiger partial charge >= 0.3 is 0 Å². The number of aliphatic hydroxyl groups is 2. The first-order valence-electron chi connectivity index (χ1n) is 11.4. The molecule has 4 N–H and O–H groups in total. The minimum absolute atomic E-state index is 0.0348. The largest absolute Gasteiger partial charge is 0.462 e. The van der Waals surface area contributed by atoms with Gasteiger partial charge in [0.15, 0.2) is 17.3 Å². The molecule has 2 atom stereocenters. The lowest BCUT2D eigenvalue weighted by Crippen LogP contribution is -2.15. The van der Waals surface area contributed by atoms with Crippen molar-refractivity contribution in [3.63, 3.8) is 0 Å². The van der Waals surface area contributed by atoms with Crippen LogP contribution < -0.4 is 10.6 Å². The van der Waals surface area contributed by atoms with Gasteiger partial charge in [-0.05, 0) is 45.4 Å². The summed E-state index contributed by atoms with van der Waals surface area (Å²) in [4.78, 5) is 13.4. The van der Waals surface area contributed by atoms with Crippen LogP contribution in [0.1, 0.15) is 52.0 Å². The summed E-state index contributed by atoms with van der Waals surface area (Å²) in [5, 5.41) is 22.6. The molecule has 0 bridgehead atoms. The number of terminal acetylenes is 1. The van der Waals surface area contributed by atoms with Crippen molar-refractivity contribution in [3.05, 3.63) is 35.8 Å². The highest BCUT2D eigenvalue weighted by molar-refractivity contribution is 5.76. The lowest BCUT2D eigenvalue weighted by molar-refractivity contribution is 0.211. The first kappa shape index (κ1) is 26.1. The van der Waals surface area contributed by atoms with Crippen molar-refractivity contribution in [2.75, 3.05) is 17.2 Å². The molecule has 2 heterocycles. The molecule has 35 heavy (non-hydrogen) atoms. The van der Waals surface area contributed by atoms with Gasteiger partial charge in [0, 0.05) is 30.8 Å². The Morgan fingerprint density at radius 1 is 1.14 bits per heavy atom. The summed E-state index contributed by atoms with van der Waals surface area (Å²) in [5.74, 6) is -2.21. The van der Waals surface area contributed by atoms with Gasteiger partial charge in [-0.15, -0.1) is 0 Å². The third-order valence-electron chi connectivity index (χ3n) is 5.78. The zero-order chi connectivity index (χ0) is 25.5. The number of anilines is 3. The average molecular weight is 491 g/mol. The predicted molar refractivity (Wildman–Crippen MR) is 127 cm³/mol. The van der Waals surface area contributed by atoms with Crippen LogP contribution >= 0.6 is 0 Å². The molecule has 0 saturated heterocycles. The second-order valence-electron chi connectivity index (χ2n) is 8.72. The van der Waals surface area contributed by atoms with Crippen molar-refractivity contribution in [1.29, 1.82) is 0 Å². The molecule has 1 aliphatic rings. The van der Waals surface area contributed by atoms with Gasteiger partial charge in [-0.1, -0.05) is 12.8 Å². The van der Waals surface area contributed by atoms with Crippen LogP contribution in [0, 0.1) is 35.9 Å². The molecule has 0 aliphatic heterocycles. The molecule has 2 unspecified atom stereocenters. The van der Waals surface area contributed by atoms with E-state index in [1.54, 1.807) is 6.20 Å². The Morgan fingerprint density at radius 3 is 2.46 bits per heavy atom. The number of imidazole rings is 1. The van der Waals surface area contributed by atoms with Crippen LogP contribution in [0.3, 0.4) is 0 Å². The lowest BCUT2D eigenvalue weighted by Gasteiger charge is -2.20.